The molecule has 3 aliphatic carbocycles. The number of hydrogen-bond acceptors (Lipinski definition) is 3. The van der Waals surface area contributed by atoms with Crippen LogP contribution < -0.4 is 0 Å². The number of rotatable bonds is 1. The minimum atomic E-state index is -0.390. The summed E-state index contributed by atoms with van der Waals surface area (Å²) >= 11 is 0. The van der Waals surface area contributed by atoms with Crippen molar-refractivity contribution in [2.75, 3.05) is 6.54 Å². The van der Waals surface area contributed by atoms with Crippen molar-refractivity contribution in [2.45, 2.75) is 77.4 Å². The van der Waals surface area contributed by atoms with E-state index in [-0.39, 0.29) is 28.6 Å². The van der Waals surface area contributed by atoms with E-state index in [1.807, 2.05) is 13.0 Å². The molecule has 1 heterocycles. The van der Waals surface area contributed by atoms with Crippen molar-refractivity contribution in [3.8, 4) is 0 Å². The number of allylic oxidation sites excluding steroid dienone is 2. The highest BCUT2D eigenvalue weighted by atomic mass is 16.3. The Morgan fingerprint density at radius 2 is 2.08 bits per heavy atom. The number of fused-ring (bicyclic) bond motifs is 5. The van der Waals surface area contributed by atoms with Gasteiger partial charge in [0, 0.05) is 24.9 Å². The van der Waals surface area contributed by atoms with Gasteiger partial charge < -0.3 is 10.0 Å². The predicted octanol–water partition coefficient (Wildman–Crippen LogP) is 3.09. The van der Waals surface area contributed by atoms with Crippen LogP contribution in [0.25, 0.3) is 0 Å². The van der Waals surface area contributed by atoms with Crippen LogP contribution in [0.15, 0.2) is 11.6 Å². The molecule has 6 atom stereocenters. The van der Waals surface area contributed by atoms with Crippen molar-refractivity contribution in [3.05, 3.63) is 11.6 Å². The zero-order valence-electron chi connectivity index (χ0n) is 15.8. The molecule has 1 aliphatic heterocycles. The lowest BCUT2D eigenvalue weighted by molar-refractivity contribution is -0.149. The van der Waals surface area contributed by atoms with Gasteiger partial charge in [0.25, 0.3) is 0 Å². The molecule has 0 spiro atoms. The van der Waals surface area contributed by atoms with Gasteiger partial charge in [-0.15, -0.1) is 0 Å². The Morgan fingerprint density at radius 3 is 2.80 bits per heavy atom. The summed E-state index contributed by atoms with van der Waals surface area (Å²) in [6.07, 6.45) is 7.27. The molecule has 0 bridgehead atoms. The lowest BCUT2D eigenvalue weighted by Crippen LogP contribution is -2.62. The van der Waals surface area contributed by atoms with Gasteiger partial charge in [-0.3, -0.25) is 9.59 Å². The maximum Gasteiger partial charge on any atom is 0.222 e. The molecule has 1 N–H and O–H groups in total. The number of ketones is 1. The molecule has 3 fully saturated rings. The molecule has 2 saturated carbocycles. The van der Waals surface area contributed by atoms with Crippen LogP contribution in [-0.4, -0.2) is 39.9 Å². The molecule has 138 valence electrons. The second kappa shape index (κ2) is 5.67. The fourth-order valence-electron chi connectivity index (χ4n) is 6.97. The van der Waals surface area contributed by atoms with Gasteiger partial charge in [-0.05, 0) is 68.3 Å². The number of nitrogens with zero attached hydrogens (tertiary/aromatic N) is 1. The molecular weight excluding hydrogens is 314 g/mol. The van der Waals surface area contributed by atoms with Gasteiger partial charge in [-0.2, -0.15) is 0 Å². The van der Waals surface area contributed by atoms with Crippen LogP contribution in [0.4, 0.5) is 0 Å². The van der Waals surface area contributed by atoms with E-state index >= 15 is 0 Å². The van der Waals surface area contributed by atoms with Crippen LogP contribution in [-0.2, 0) is 9.59 Å². The maximum atomic E-state index is 12.5. The molecule has 1 saturated heterocycles. The average molecular weight is 345 g/mol. The van der Waals surface area contributed by atoms with E-state index in [1.165, 1.54) is 5.57 Å². The molecule has 4 nitrogen and oxygen atoms in total. The number of likely N-dealkylation sites (tertiary alicyclic amines) is 1. The molecule has 0 aromatic carbocycles. The highest BCUT2D eigenvalue weighted by Crippen LogP contribution is 2.62. The lowest BCUT2D eigenvalue weighted by Gasteiger charge is -2.59. The Balaban J connectivity index is 1.70. The number of aliphatic hydroxyl groups excluding tert-OH is 1. The fraction of sp³-hybridized carbons (Fsp3) is 0.810. The largest absolute Gasteiger partial charge is 0.393 e. The molecular formula is C21H31NO3. The Bertz CT molecular complexity index is 641. The lowest BCUT2D eigenvalue weighted by atomic mass is 9.47. The van der Waals surface area contributed by atoms with E-state index in [1.54, 1.807) is 0 Å². The summed E-state index contributed by atoms with van der Waals surface area (Å²) in [6, 6.07) is 0. The van der Waals surface area contributed by atoms with Crippen molar-refractivity contribution in [3.63, 3.8) is 0 Å². The first kappa shape index (κ1) is 17.3. The van der Waals surface area contributed by atoms with Crippen molar-refractivity contribution in [1.29, 1.82) is 0 Å². The van der Waals surface area contributed by atoms with Crippen molar-refractivity contribution in [2.24, 2.45) is 23.2 Å². The number of carbonyl (C=O) groups excluding carboxylic acids is 2. The first-order chi connectivity index (χ1) is 11.8. The third-order valence-corrected chi connectivity index (χ3v) is 8.14. The second-order valence-corrected chi connectivity index (χ2v) is 9.20. The molecule has 0 aromatic heterocycles. The molecule has 3 unspecified atom stereocenters. The van der Waals surface area contributed by atoms with Crippen LogP contribution in [0.3, 0.4) is 0 Å². The maximum absolute atomic E-state index is 12.5. The quantitative estimate of drug-likeness (QED) is 0.794. The molecule has 1 amide bonds. The zero-order chi connectivity index (χ0) is 18.0. The highest BCUT2D eigenvalue weighted by molar-refractivity contribution is 5.91. The smallest absolute Gasteiger partial charge is 0.222 e. The van der Waals surface area contributed by atoms with E-state index in [9.17, 15) is 14.7 Å². The summed E-state index contributed by atoms with van der Waals surface area (Å²) in [5.74, 6) is 1.64. The van der Waals surface area contributed by atoms with Crippen LogP contribution in [0.1, 0.15) is 65.7 Å². The molecule has 4 rings (SSSR count). The van der Waals surface area contributed by atoms with Gasteiger partial charge in [0.2, 0.25) is 5.91 Å². The monoisotopic (exact) mass is 345 g/mol. The van der Waals surface area contributed by atoms with E-state index < -0.39 is 6.10 Å². The van der Waals surface area contributed by atoms with Crippen LogP contribution in [0.2, 0.25) is 0 Å². The van der Waals surface area contributed by atoms with E-state index in [0.717, 1.165) is 32.2 Å². The molecule has 4 heteroatoms. The van der Waals surface area contributed by atoms with Crippen molar-refractivity contribution < 1.29 is 14.7 Å². The standard InChI is InChI=1S/C21H31NO3/c1-4-18(25)22-10-8-16-15-6-5-13-11-14(23)7-9-20(13,2)19(15)17(24)12-21(16,22)3/h11,15-17,19,24H,4-10,12H2,1-3H3/t15?,16?,17-,19?,20-,21-/m0/s1. The third kappa shape index (κ3) is 2.29. The summed E-state index contributed by atoms with van der Waals surface area (Å²) in [5, 5.41) is 11.2. The van der Waals surface area contributed by atoms with Crippen molar-refractivity contribution in [1.82, 2.24) is 4.90 Å². The average Bonchev–Trinajstić information content (AvgIpc) is 2.91. The number of amides is 1. The van der Waals surface area contributed by atoms with E-state index in [2.05, 4.69) is 18.7 Å². The SMILES string of the molecule is CCC(=O)N1CCC2C3CCC4=CC(=O)CC[C@]4(C)C3[C@@H](O)C[C@@]21C. The Morgan fingerprint density at radius 1 is 1.32 bits per heavy atom. The van der Waals surface area contributed by atoms with Crippen molar-refractivity contribution >= 4 is 11.7 Å². The van der Waals surface area contributed by atoms with Crippen LogP contribution in [0.5, 0.6) is 0 Å². The Kier molecular flexibility index (Phi) is 3.91. The first-order valence-electron chi connectivity index (χ1n) is 10.0. The van der Waals surface area contributed by atoms with Gasteiger partial charge >= 0.3 is 0 Å². The van der Waals surface area contributed by atoms with E-state index in [4.69, 9.17) is 0 Å². The third-order valence-electron chi connectivity index (χ3n) is 8.14. The van der Waals surface area contributed by atoms with Crippen LogP contribution >= 0.6 is 0 Å². The topological polar surface area (TPSA) is 57.6 Å². The van der Waals surface area contributed by atoms with E-state index in [0.29, 0.717) is 31.1 Å². The summed E-state index contributed by atoms with van der Waals surface area (Å²) < 4.78 is 0. The summed E-state index contributed by atoms with van der Waals surface area (Å²) in [5.41, 5.74) is 1.03. The summed E-state index contributed by atoms with van der Waals surface area (Å²) in [6.45, 7) is 7.24. The Labute approximate surface area is 150 Å². The van der Waals surface area contributed by atoms with Gasteiger partial charge in [-0.25, -0.2) is 0 Å². The normalized spacial score (nSPS) is 46.2. The number of hydrogen-bond donors (Lipinski definition) is 1. The molecule has 0 aromatic rings. The molecule has 25 heavy (non-hydrogen) atoms. The van der Waals surface area contributed by atoms with Gasteiger partial charge in [0.15, 0.2) is 5.78 Å². The number of carbonyl (C=O) groups is 2. The minimum Gasteiger partial charge on any atom is -0.393 e. The molecule has 4 aliphatic rings. The minimum absolute atomic E-state index is 0.0419. The predicted molar refractivity (Wildman–Crippen MR) is 95.8 cm³/mol. The fourth-order valence-corrected chi connectivity index (χ4v) is 6.97. The first-order valence-corrected chi connectivity index (χ1v) is 10.0. The second-order valence-electron chi connectivity index (χ2n) is 9.20. The summed E-state index contributed by atoms with van der Waals surface area (Å²) in [7, 11) is 0. The Hall–Kier alpha value is -1.16. The van der Waals surface area contributed by atoms with Gasteiger partial charge in [0.1, 0.15) is 0 Å². The zero-order valence-corrected chi connectivity index (χ0v) is 15.8. The van der Waals surface area contributed by atoms with Gasteiger partial charge in [0.05, 0.1) is 6.10 Å². The number of aliphatic hydroxyl groups is 1. The molecule has 0 radical (unpaired) electrons. The van der Waals surface area contributed by atoms with Gasteiger partial charge in [-0.1, -0.05) is 19.4 Å². The highest BCUT2D eigenvalue weighted by Gasteiger charge is 2.62. The van der Waals surface area contributed by atoms with Crippen LogP contribution in [0, 0.1) is 23.2 Å². The summed E-state index contributed by atoms with van der Waals surface area (Å²) in [4.78, 5) is 26.4.